The molecule has 1 N–H and O–H groups in total. The van der Waals surface area contributed by atoms with Gasteiger partial charge in [0.2, 0.25) is 5.91 Å². The van der Waals surface area contributed by atoms with Crippen LogP contribution < -0.4 is 0 Å². The Morgan fingerprint density at radius 1 is 1.00 bits per heavy atom. The number of imide groups is 1. The number of β-amino-alcohol motifs (C(OH)–C–C–N with tert-alkyl or cyclic N) is 1. The van der Waals surface area contributed by atoms with E-state index >= 15 is 0 Å². The summed E-state index contributed by atoms with van der Waals surface area (Å²) >= 11 is 8.01. The van der Waals surface area contributed by atoms with Crippen LogP contribution in [0.15, 0.2) is 45.3 Å². The van der Waals surface area contributed by atoms with Crippen LogP contribution in [0.1, 0.15) is 0 Å². The second kappa shape index (κ2) is 6.99. The summed E-state index contributed by atoms with van der Waals surface area (Å²) in [4.78, 5) is 24.7. The van der Waals surface area contributed by atoms with E-state index in [4.69, 9.17) is 0 Å². The number of aliphatic hydroxyl groups is 1. The summed E-state index contributed by atoms with van der Waals surface area (Å²) < 4.78 is 4.00. The van der Waals surface area contributed by atoms with Gasteiger partial charge in [0.25, 0.3) is 5.24 Å². The Kier molecular flexibility index (Phi) is 4.85. The third kappa shape index (κ3) is 3.19. The van der Waals surface area contributed by atoms with Crippen LogP contribution in [0.3, 0.4) is 0 Å². The van der Waals surface area contributed by atoms with E-state index in [0.29, 0.717) is 6.54 Å². The first-order chi connectivity index (χ1) is 12.4. The molecule has 0 aliphatic carbocycles. The van der Waals surface area contributed by atoms with Gasteiger partial charge in [-0.2, -0.15) is 0 Å². The number of rotatable bonds is 4. The van der Waals surface area contributed by atoms with E-state index in [1.807, 2.05) is 28.8 Å². The van der Waals surface area contributed by atoms with Crippen LogP contribution in [0.4, 0.5) is 4.79 Å². The number of amides is 2. The molecule has 1 aliphatic rings. The van der Waals surface area contributed by atoms with Crippen molar-refractivity contribution in [2.75, 3.05) is 12.3 Å². The summed E-state index contributed by atoms with van der Waals surface area (Å²) in [6.07, 6.45) is -0.840. The van der Waals surface area contributed by atoms with E-state index in [1.54, 1.807) is 0 Å². The molecule has 8 heteroatoms. The van der Waals surface area contributed by atoms with Crippen molar-refractivity contribution in [2.45, 2.75) is 12.6 Å². The Labute approximate surface area is 170 Å². The minimum atomic E-state index is -0.840. The first kappa shape index (κ1) is 18.0. The second-order valence-corrected chi connectivity index (χ2v) is 8.90. The smallest absolute Gasteiger partial charge is 0.288 e. The minimum Gasteiger partial charge on any atom is -0.389 e. The van der Waals surface area contributed by atoms with Crippen LogP contribution in [-0.4, -0.2) is 44.1 Å². The lowest BCUT2D eigenvalue weighted by atomic mass is 10.2. The van der Waals surface area contributed by atoms with Crippen LogP contribution in [-0.2, 0) is 11.3 Å². The van der Waals surface area contributed by atoms with Crippen LogP contribution in [0, 0.1) is 0 Å². The zero-order valence-electron chi connectivity index (χ0n) is 13.5. The first-order valence-electron chi connectivity index (χ1n) is 7.96. The topological polar surface area (TPSA) is 62.5 Å². The lowest BCUT2D eigenvalue weighted by molar-refractivity contribution is -0.125. The molecule has 134 valence electrons. The van der Waals surface area contributed by atoms with E-state index < -0.39 is 6.10 Å². The SMILES string of the molecule is O=C1CSC(=O)N1C[C@H](O)Cn1c2ccc(Br)cc2c2cc(Br)ccc21. The Balaban J connectivity index is 1.73. The van der Waals surface area contributed by atoms with E-state index in [1.165, 1.54) is 0 Å². The van der Waals surface area contributed by atoms with Gasteiger partial charge in [-0.15, -0.1) is 0 Å². The lowest BCUT2D eigenvalue weighted by Gasteiger charge is -2.19. The van der Waals surface area contributed by atoms with Gasteiger partial charge >= 0.3 is 0 Å². The fraction of sp³-hybridized carbons (Fsp3) is 0.222. The number of carbonyl (C=O) groups is 2. The number of benzene rings is 2. The molecule has 5 nitrogen and oxygen atoms in total. The Bertz CT molecular complexity index is 975. The molecule has 0 radical (unpaired) electrons. The van der Waals surface area contributed by atoms with Crippen molar-refractivity contribution in [1.82, 2.24) is 9.47 Å². The summed E-state index contributed by atoms with van der Waals surface area (Å²) in [6, 6.07) is 12.0. The predicted octanol–water partition coefficient (Wildman–Crippen LogP) is 4.38. The third-order valence-corrected chi connectivity index (χ3v) is 6.26. The highest BCUT2D eigenvalue weighted by Gasteiger charge is 2.31. The number of nitrogens with zero attached hydrogens (tertiary/aromatic N) is 2. The van der Waals surface area contributed by atoms with Gasteiger partial charge in [0.05, 0.1) is 24.9 Å². The maximum atomic E-state index is 11.8. The van der Waals surface area contributed by atoms with Crippen LogP contribution in [0.2, 0.25) is 0 Å². The Morgan fingerprint density at radius 2 is 1.58 bits per heavy atom. The van der Waals surface area contributed by atoms with Crippen molar-refractivity contribution in [1.29, 1.82) is 0 Å². The Hall–Kier alpha value is -1.35. The van der Waals surface area contributed by atoms with Gasteiger partial charge in [-0.1, -0.05) is 43.6 Å². The molecule has 0 spiro atoms. The molecule has 1 fully saturated rings. The number of aromatic nitrogens is 1. The number of halogens is 2. The van der Waals surface area contributed by atoms with Gasteiger partial charge in [0.1, 0.15) is 0 Å². The molecule has 0 bridgehead atoms. The van der Waals surface area contributed by atoms with Crippen molar-refractivity contribution in [3.05, 3.63) is 45.3 Å². The van der Waals surface area contributed by atoms with Crippen molar-refractivity contribution in [3.63, 3.8) is 0 Å². The number of carbonyl (C=O) groups excluding carboxylic acids is 2. The van der Waals surface area contributed by atoms with Crippen molar-refractivity contribution >= 4 is 76.6 Å². The average molecular weight is 498 g/mol. The maximum Gasteiger partial charge on any atom is 0.288 e. The molecule has 4 rings (SSSR count). The molecular weight excluding hydrogens is 484 g/mol. The summed E-state index contributed by atoms with van der Waals surface area (Å²) in [7, 11) is 0. The van der Waals surface area contributed by atoms with Crippen LogP contribution in [0.5, 0.6) is 0 Å². The maximum absolute atomic E-state index is 11.8. The van der Waals surface area contributed by atoms with Gasteiger partial charge in [-0.3, -0.25) is 14.5 Å². The fourth-order valence-corrected chi connectivity index (χ4v) is 4.74. The molecule has 2 aromatic carbocycles. The summed E-state index contributed by atoms with van der Waals surface area (Å²) in [5, 5.41) is 12.4. The van der Waals surface area contributed by atoms with Crippen molar-refractivity contribution < 1.29 is 14.7 Å². The molecule has 26 heavy (non-hydrogen) atoms. The highest BCUT2D eigenvalue weighted by Crippen LogP contribution is 2.33. The van der Waals surface area contributed by atoms with Crippen LogP contribution in [0.25, 0.3) is 21.8 Å². The van der Waals surface area contributed by atoms with Gasteiger partial charge in [0.15, 0.2) is 0 Å². The molecule has 1 aliphatic heterocycles. The zero-order valence-corrected chi connectivity index (χ0v) is 17.5. The highest BCUT2D eigenvalue weighted by atomic mass is 79.9. The van der Waals surface area contributed by atoms with E-state index in [9.17, 15) is 14.7 Å². The number of thioether (sulfide) groups is 1. The third-order valence-electron chi connectivity index (χ3n) is 4.42. The summed E-state index contributed by atoms with van der Waals surface area (Å²) in [5.74, 6) is -0.0858. The van der Waals surface area contributed by atoms with E-state index in [-0.39, 0.29) is 23.4 Å². The molecule has 1 aromatic heterocycles. The first-order valence-corrected chi connectivity index (χ1v) is 10.5. The molecule has 0 unspecified atom stereocenters. The number of fused-ring (bicyclic) bond motifs is 3. The Morgan fingerprint density at radius 3 is 2.08 bits per heavy atom. The monoisotopic (exact) mass is 496 g/mol. The standard InChI is InChI=1S/C18H14Br2N2O3S/c19-10-1-3-15-13(5-10)14-6-11(20)2-4-16(14)21(15)7-12(23)8-22-17(24)9-26-18(22)25/h1-6,12,23H,7-9H2/t12-/m1/s1. The van der Waals surface area contributed by atoms with Gasteiger partial charge in [-0.05, 0) is 36.4 Å². The largest absolute Gasteiger partial charge is 0.389 e. The predicted molar refractivity (Wildman–Crippen MR) is 110 cm³/mol. The molecule has 0 saturated carbocycles. The lowest BCUT2D eigenvalue weighted by Crippen LogP contribution is -2.37. The van der Waals surface area contributed by atoms with Crippen molar-refractivity contribution in [3.8, 4) is 0 Å². The second-order valence-electron chi connectivity index (χ2n) is 6.15. The van der Waals surface area contributed by atoms with E-state index in [0.717, 1.165) is 47.4 Å². The molecular formula is C18H14Br2N2O3S. The summed E-state index contributed by atoms with van der Waals surface area (Å²) in [5.41, 5.74) is 1.99. The molecule has 3 aromatic rings. The molecule has 2 heterocycles. The van der Waals surface area contributed by atoms with Gasteiger partial charge in [0, 0.05) is 30.8 Å². The minimum absolute atomic E-state index is 0.0128. The zero-order chi connectivity index (χ0) is 18.4. The molecule has 1 atom stereocenters. The molecule has 1 saturated heterocycles. The van der Waals surface area contributed by atoms with Crippen LogP contribution >= 0.6 is 43.6 Å². The number of hydrogen-bond donors (Lipinski definition) is 1. The average Bonchev–Trinajstić information content (AvgIpc) is 3.07. The van der Waals surface area contributed by atoms with E-state index in [2.05, 4.69) is 44.0 Å². The van der Waals surface area contributed by atoms with Gasteiger partial charge in [-0.25, -0.2) is 0 Å². The number of hydrogen-bond acceptors (Lipinski definition) is 4. The summed E-state index contributed by atoms with van der Waals surface area (Å²) in [6.45, 7) is 0.309. The normalized spacial score (nSPS) is 16.2. The van der Waals surface area contributed by atoms with Gasteiger partial charge < -0.3 is 9.67 Å². The van der Waals surface area contributed by atoms with Crippen molar-refractivity contribution in [2.24, 2.45) is 0 Å². The number of aliphatic hydroxyl groups excluding tert-OH is 1. The quantitative estimate of drug-likeness (QED) is 0.581. The highest BCUT2D eigenvalue weighted by molar-refractivity contribution is 9.10. The fourth-order valence-electron chi connectivity index (χ4n) is 3.28. The molecule has 2 amide bonds.